The van der Waals surface area contributed by atoms with Gasteiger partial charge in [0, 0.05) is 19.3 Å². The van der Waals surface area contributed by atoms with Gasteiger partial charge in [0.1, 0.15) is 13.2 Å². The lowest BCUT2D eigenvalue weighted by molar-refractivity contribution is -0.167. The molecule has 0 saturated carbocycles. The Kier molecular flexibility index (Phi) is 53.8. The fourth-order valence-corrected chi connectivity index (χ4v) is 8.43. The molecule has 0 heterocycles. The highest BCUT2D eigenvalue weighted by atomic mass is 16.6. The van der Waals surface area contributed by atoms with Gasteiger partial charge >= 0.3 is 17.9 Å². The molecule has 67 heavy (non-hydrogen) atoms. The fraction of sp³-hybridized carbons (Fsp3) is 0.820. The molecule has 0 rings (SSSR count). The van der Waals surface area contributed by atoms with Crippen LogP contribution in [0.15, 0.2) is 48.6 Å². The molecule has 0 aliphatic carbocycles. The lowest BCUT2D eigenvalue weighted by Crippen LogP contribution is -2.30. The second-order valence-electron chi connectivity index (χ2n) is 19.6. The summed E-state index contributed by atoms with van der Waals surface area (Å²) in [7, 11) is 0. The molecule has 0 N–H and O–H groups in total. The summed E-state index contributed by atoms with van der Waals surface area (Å²) < 4.78 is 16.9. The topological polar surface area (TPSA) is 78.9 Å². The Hall–Kier alpha value is -2.63. The Labute approximate surface area is 416 Å². The molecule has 0 fully saturated rings. The van der Waals surface area contributed by atoms with Gasteiger partial charge in [-0.1, -0.05) is 262 Å². The lowest BCUT2D eigenvalue weighted by atomic mass is 10.0. The van der Waals surface area contributed by atoms with Crippen molar-refractivity contribution < 1.29 is 28.6 Å². The molecule has 0 aliphatic heterocycles. The summed E-state index contributed by atoms with van der Waals surface area (Å²) in [5.74, 6) is -0.892. The second kappa shape index (κ2) is 56.0. The van der Waals surface area contributed by atoms with E-state index in [1.807, 2.05) is 0 Å². The Morgan fingerprint density at radius 2 is 0.522 bits per heavy atom. The van der Waals surface area contributed by atoms with Gasteiger partial charge in [-0.25, -0.2) is 0 Å². The number of hydrogen-bond acceptors (Lipinski definition) is 6. The molecule has 0 aromatic heterocycles. The molecule has 0 saturated heterocycles. The van der Waals surface area contributed by atoms with Crippen molar-refractivity contribution in [2.24, 2.45) is 0 Å². The number of hydrogen-bond donors (Lipinski definition) is 0. The molecule has 0 aromatic rings. The van der Waals surface area contributed by atoms with Crippen molar-refractivity contribution in [2.75, 3.05) is 13.2 Å². The maximum absolute atomic E-state index is 12.9. The predicted molar refractivity (Wildman–Crippen MR) is 289 cm³/mol. The summed E-state index contributed by atoms with van der Waals surface area (Å²) in [5.41, 5.74) is 0. The van der Waals surface area contributed by atoms with Crippen LogP contribution in [0.2, 0.25) is 0 Å². The van der Waals surface area contributed by atoms with Crippen LogP contribution in [-0.2, 0) is 28.6 Å². The minimum Gasteiger partial charge on any atom is -0.462 e. The molecule has 1 unspecified atom stereocenters. The summed E-state index contributed by atoms with van der Waals surface area (Å²) in [6.07, 6.45) is 68.1. The van der Waals surface area contributed by atoms with E-state index in [0.717, 1.165) is 83.5 Å². The van der Waals surface area contributed by atoms with E-state index >= 15 is 0 Å². The minimum atomic E-state index is -0.782. The van der Waals surface area contributed by atoms with Crippen molar-refractivity contribution >= 4 is 17.9 Å². The molecule has 0 bridgehead atoms. The van der Waals surface area contributed by atoms with Crippen molar-refractivity contribution in [3.05, 3.63) is 48.6 Å². The molecule has 0 amide bonds. The summed E-state index contributed by atoms with van der Waals surface area (Å²) in [4.78, 5) is 38.2. The van der Waals surface area contributed by atoms with Gasteiger partial charge in [0.25, 0.3) is 0 Å². The number of unbranched alkanes of at least 4 members (excludes halogenated alkanes) is 36. The van der Waals surface area contributed by atoms with E-state index in [1.54, 1.807) is 0 Å². The van der Waals surface area contributed by atoms with E-state index in [9.17, 15) is 14.4 Å². The highest BCUT2D eigenvalue weighted by molar-refractivity contribution is 5.71. The van der Waals surface area contributed by atoms with Crippen LogP contribution in [0.4, 0.5) is 0 Å². The second-order valence-corrected chi connectivity index (χ2v) is 19.6. The number of carbonyl (C=O) groups excluding carboxylic acids is 3. The Morgan fingerprint density at radius 3 is 0.821 bits per heavy atom. The van der Waals surface area contributed by atoms with Crippen molar-refractivity contribution in [1.82, 2.24) is 0 Å². The van der Waals surface area contributed by atoms with Crippen molar-refractivity contribution in [2.45, 2.75) is 309 Å². The quantitative estimate of drug-likeness (QED) is 0.0262. The van der Waals surface area contributed by atoms with Crippen LogP contribution in [-0.4, -0.2) is 37.2 Å². The smallest absolute Gasteiger partial charge is 0.306 e. The van der Waals surface area contributed by atoms with E-state index in [0.29, 0.717) is 19.3 Å². The monoisotopic (exact) mass is 939 g/mol. The van der Waals surface area contributed by atoms with E-state index in [-0.39, 0.29) is 31.1 Å². The Bertz CT molecular complexity index is 1170. The average molecular weight is 940 g/mol. The Balaban J connectivity index is 4.39. The third-order valence-corrected chi connectivity index (χ3v) is 12.9. The maximum Gasteiger partial charge on any atom is 0.306 e. The summed E-state index contributed by atoms with van der Waals surface area (Å²) in [5, 5.41) is 0. The highest BCUT2D eigenvalue weighted by Gasteiger charge is 2.19. The van der Waals surface area contributed by atoms with Crippen LogP contribution < -0.4 is 0 Å². The molecule has 0 aromatic carbocycles. The summed E-state index contributed by atoms with van der Waals surface area (Å²) in [6, 6.07) is 0. The van der Waals surface area contributed by atoms with E-state index < -0.39 is 6.10 Å². The third-order valence-electron chi connectivity index (χ3n) is 12.9. The van der Waals surface area contributed by atoms with Gasteiger partial charge < -0.3 is 14.2 Å². The van der Waals surface area contributed by atoms with Gasteiger partial charge in [0.05, 0.1) is 0 Å². The van der Waals surface area contributed by atoms with E-state index in [1.165, 1.54) is 180 Å². The number of rotatable bonds is 53. The van der Waals surface area contributed by atoms with Crippen LogP contribution in [0, 0.1) is 0 Å². The van der Waals surface area contributed by atoms with Crippen molar-refractivity contribution in [3.8, 4) is 0 Å². The molecule has 6 heteroatoms. The molecular formula is C61H110O6. The minimum absolute atomic E-state index is 0.0817. The zero-order valence-electron chi connectivity index (χ0n) is 44.7. The van der Waals surface area contributed by atoms with Gasteiger partial charge in [-0.05, 0) is 70.6 Å². The summed E-state index contributed by atoms with van der Waals surface area (Å²) in [6.45, 7) is 6.62. The standard InChI is InChI=1S/C61H110O6/c1-4-7-10-13-16-19-22-25-28-30-31-34-36-39-42-45-48-51-54-60(63)66-57-58(56-65-59(62)53-50-47-44-41-38-35-32-27-24-21-18-15-12-9-6-3)67-61(64)55-52-49-46-43-40-37-33-29-26-23-20-17-14-11-8-5-2/h18,21,24,27-28,30-31,34,58H,4-17,19-20,22-23,25-26,29,32-33,35-57H2,1-3H3/b21-18-,27-24-,30-28-,34-31-. The summed E-state index contributed by atoms with van der Waals surface area (Å²) >= 11 is 0. The first-order valence-electron chi connectivity index (χ1n) is 29.2. The number of carbonyl (C=O) groups is 3. The molecule has 6 nitrogen and oxygen atoms in total. The van der Waals surface area contributed by atoms with Gasteiger partial charge in [-0.3, -0.25) is 14.4 Å². The van der Waals surface area contributed by atoms with Gasteiger partial charge in [-0.2, -0.15) is 0 Å². The number of allylic oxidation sites excluding steroid dienone is 8. The zero-order chi connectivity index (χ0) is 48.6. The van der Waals surface area contributed by atoms with Crippen molar-refractivity contribution in [1.29, 1.82) is 0 Å². The van der Waals surface area contributed by atoms with Gasteiger partial charge in [0.15, 0.2) is 6.10 Å². The third kappa shape index (κ3) is 54.2. The molecular weight excluding hydrogens is 829 g/mol. The van der Waals surface area contributed by atoms with Crippen LogP contribution in [0.5, 0.6) is 0 Å². The van der Waals surface area contributed by atoms with Gasteiger partial charge in [-0.15, -0.1) is 0 Å². The highest BCUT2D eigenvalue weighted by Crippen LogP contribution is 2.16. The molecule has 1 atom stereocenters. The van der Waals surface area contributed by atoms with Crippen LogP contribution in [0.3, 0.4) is 0 Å². The first-order chi connectivity index (χ1) is 33.0. The predicted octanol–water partition coefficient (Wildman–Crippen LogP) is 19.4. The molecule has 0 radical (unpaired) electrons. The maximum atomic E-state index is 12.9. The van der Waals surface area contributed by atoms with Crippen LogP contribution in [0.25, 0.3) is 0 Å². The zero-order valence-corrected chi connectivity index (χ0v) is 44.7. The van der Waals surface area contributed by atoms with Crippen molar-refractivity contribution in [3.63, 3.8) is 0 Å². The number of ether oxygens (including phenoxy) is 3. The lowest BCUT2D eigenvalue weighted by Gasteiger charge is -2.18. The van der Waals surface area contributed by atoms with E-state index in [4.69, 9.17) is 14.2 Å². The van der Waals surface area contributed by atoms with Crippen LogP contribution >= 0.6 is 0 Å². The first kappa shape index (κ1) is 64.4. The van der Waals surface area contributed by atoms with Crippen LogP contribution in [0.1, 0.15) is 303 Å². The molecule has 0 spiro atoms. The first-order valence-corrected chi connectivity index (χ1v) is 29.2. The van der Waals surface area contributed by atoms with Gasteiger partial charge in [0.2, 0.25) is 0 Å². The molecule has 0 aliphatic rings. The van der Waals surface area contributed by atoms with E-state index in [2.05, 4.69) is 69.4 Å². The SMILES string of the molecule is CCCCC/C=C\C=C/CCCCCCCCC(=O)OCC(COC(=O)CCCCCCC/C=C\C=C/CCCCCCCCC)OC(=O)CCCCCCCCCCCCCCCCCC. The largest absolute Gasteiger partial charge is 0.462 e. The fourth-order valence-electron chi connectivity index (χ4n) is 8.43. The number of esters is 3. The molecule has 390 valence electrons. The normalized spacial score (nSPS) is 12.3. The Morgan fingerprint density at radius 1 is 0.299 bits per heavy atom. The average Bonchev–Trinajstić information content (AvgIpc) is 3.33.